The lowest BCUT2D eigenvalue weighted by Crippen LogP contribution is -2.49. The van der Waals surface area contributed by atoms with Crippen LogP contribution in [0.4, 0.5) is 10.2 Å². The number of hydrogen-bond donors (Lipinski definition) is 2. The summed E-state index contributed by atoms with van der Waals surface area (Å²) >= 11 is 0. The molecule has 0 bridgehead atoms. The highest BCUT2D eigenvalue weighted by atomic mass is 19.1. The number of rotatable bonds is 9. The van der Waals surface area contributed by atoms with E-state index in [1.807, 2.05) is 45.2 Å². The zero-order chi connectivity index (χ0) is 24.3. The Bertz CT molecular complexity index is 1110. The van der Waals surface area contributed by atoms with Crippen molar-refractivity contribution in [3.05, 3.63) is 64.2 Å². The number of amides is 1. The summed E-state index contributed by atoms with van der Waals surface area (Å²) in [6.45, 7) is 8.77. The quantitative estimate of drug-likeness (QED) is 0.549. The number of carbonyl (C=O) groups is 1. The Labute approximate surface area is 201 Å². The van der Waals surface area contributed by atoms with Crippen LogP contribution in [0.5, 0.6) is 0 Å². The van der Waals surface area contributed by atoms with Crippen molar-refractivity contribution in [2.24, 2.45) is 0 Å². The summed E-state index contributed by atoms with van der Waals surface area (Å²) in [5, 5.41) is 8.50. The first-order valence-corrected chi connectivity index (χ1v) is 11.9. The molecule has 34 heavy (non-hydrogen) atoms. The first kappa shape index (κ1) is 25.5. The van der Waals surface area contributed by atoms with Crippen molar-refractivity contribution in [1.82, 2.24) is 25.1 Å². The molecule has 1 aliphatic rings. The van der Waals surface area contributed by atoms with E-state index in [0.717, 1.165) is 41.7 Å². The highest BCUT2D eigenvalue weighted by molar-refractivity contribution is 5.94. The molecule has 0 saturated carbocycles. The lowest BCUT2D eigenvalue weighted by molar-refractivity contribution is 0.0621. The van der Waals surface area contributed by atoms with Gasteiger partial charge < -0.3 is 15.5 Å². The maximum Gasteiger partial charge on any atom is 0.256 e. The molecule has 2 aromatic rings. The molecule has 2 heterocycles. The van der Waals surface area contributed by atoms with Crippen LogP contribution in [0.25, 0.3) is 12.2 Å². The lowest BCUT2D eigenvalue weighted by Gasteiger charge is -2.34. The lowest BCUT2D eigenvalue weighted by atomic mass is 10.1. The summed E-state index contributed by atoms with van der Waals surface area (Å²) in [6, 6.07) is 6.15. The molecular formula is C26H35FN6O. The summed E-state index contributed by atoms with van der Waals surface area (Å²) < 4.78 is 14.0. The highest BCUT2D eigenvalue weighted by Gasteiger charge is 2.24. The number of carbonyl (C=O) groups excluding carboxylic acids is 1. The normalized spacial score (nSPS) is 15.9. The van der Waals surface area contributed by atoms with Gasteiger partial charge >= 0.3 is 0 Å². The van der Waals surface area contributed by atoms with Crippen molar-refractivity contribution in [2.45, 2.75) is 26.8 Å². The van der Waals surface area contributed by atoms with E-state index in [1.54, 1.807) is 17.0 Å². The molecule has 1 amide bonds. The van der Waals surface area contributed by atoms with E-state index in [4.69, 9.17) is 9.97 Å². The zero-order valence-corrected chi connectivity index (χ0v) is 20.4. The number of allylic oxidation sites excluding steroid dienone is 2. The van der Waals surface area contributed by atoms with Gasteiger partial charge in [0.15, 0.2) is 0 Å². The average Bonchev–Trinajstić information content (AvgIpc) is 2.85. The second-order valence-electron chi connectivity index (χ2n) is 8.20. The van der Waals surface area contributed by atoms with Crippen LogP contribution in [-0.4, -0.2) is 72.0 Å². The van der Waals surface area contributed by atoms with Gasteiger partial charge in [-0.05, 0) is 52.1 Å². The number of nitrogens with one attached hydrogen (secondary N) is 2. The Morgan fingerprint density at radius 1 is 1.12 bits per heavy atom. The van der Waals surface area contributed by atoms with E-state index in [2.05, 4.69) is 15.5 Å². The topological polar surface area (TPSA) is 73.4 Å². The monoisotopic (exact) mass is 466 g/mol. The second kappa shape index (κ2) is 13.0. The van der Waals surface area contributed by atoms with Gasteiger partial charge in [-0.25, -0.2) is 14.4 Å². The molecule has 2 N–H and O–H groups in total. The van der Waals surface area contributed by atoms with Crippen LogP contribution in [0.1, 0.15) is 36.5 Å². The molecule has 1 aromatic heterocycles. The number of nitrogens with zero attached hydrogens (tertiary/aromatic N) is 4. The van der Waals surface area contributed by atoms with Gasteiger partial charge in [-0.15, -0.1) is 0 Å². The third-order valence-electron chi connectivity index (χ3n) is 5.78. The molecule has 0 atom stereocenters. The third kappa shape index (κ3) is 6.71. The number of aromatic nitrogens is 2. The molecule has 182 valence electrons. The summed E-state index contributed by atoms with van der Waals surface area (Å²) in [6.07, 6.45) is 8.99. The average molecular weight is 467 g/mol. The van der Waals surface area contributed by atoms with E-state index >= 15 is 0 Å². The van der Waals surface area contributed by atoms with Crippen molar-refractivity contribution < 1.29 is 9.18 Å². The van der Waals surface area contributed by atoms with Gasteiger partial charge in [0, 0.05) is 37.9 Å². The van der Waals surface area contributed by atoms with E-state index in [0.29, 0.717) is 32.7 Å². The highest BCUT2D eigenvalue weighted by Crippen LogP contribution is 2.13. The minimum Gasteiger partial charge on any atom is -0.369 e. The minimum absolute atomic E-state index is 0.129. The van der Waals surface area contributed by atoms with Crippen molar-refractivity contribution in [3.63, 3.8) is 0 Å². The largest absolute Gasteiger partial charge is 0.369 e. The zero-order valence-electron chi connectivity index (χ0n) is 20.4. The van der Waals surface area contributed by atoms with Gasteiger partial charge in [0.05, 0.1) is 17.5 Å². The van der Waals surface area contributed by atoms with Gasteiger partial charge in [0.25, 0.3) is 5.91 Å². The van der Waals surface area contributed by atoms with E-state index < -0.39 is 5.82 Å². The van der Waals surface area contributed by atoms with E-state index in [-0.39, 0.29) is 11.5 Å². The van der Waals surface area contributed by atoms with Crippen LogP contribution in [0.3, 0.4) is 0 Å². The van der Waals surface area contributed by atoms with Crippen LogP contribution >= 0.6 is 0 Å². The Morgan fingerprint density at radius 2 is 1.88 bits per heavy atom. The van der Waals surface area contributed by atoms with Gasteiger partial charge in [-0.2, -0.15) is 0 Å². The molecule has 0 radical (unpaired) electrons. The molecule has 1 saturated heterocycles. The predicted octanol–water partition coefficient (Wildman–Crippen LogP) is 1.75. The summed E-state index contributed by atoms with van der Waals surface area (Å²) in [4.78, 5) is 26.3. The molecule has 3 rings (SSSR count). The molecule has 1 aromatic carbocycles. The summed E-state index contributed by atoms with van der Waals surface area (Å²) in [5.41, 5.74) is 0.129. The molecule has 1 fully saturated rings. The third-order valence-corrected chi connectivity index (χ3v) is 5.78. The van der Waals surface area contributed by atoms with Gasteiger partial charge in [-0.3, -0.25) is 9.69 Å². The van der Waals surface area contributed by atoms with Gasteiger partial charge in [-0.1, -0.05) is 30.4 Å². The van der Waals surface area contributed by atoms with E-state index in [1.165, 1.54) is 12.1 Å². The SMILES string of the molecule is C\C=C/C=c1/nc(CN2CCN(C(=O)c3ccccc3F)CC2)nc(NCCCNC)/c1=C/C. The maximum atomic E-state index is 14.0. The Hall–Kier alpha value is -3.10. The fourth-order valence-electron chi connectivity index (χ4n) is 3.93. The van der Waals surface area contributed by atoms with Crippen LogP contribution < -0.4 is 21.2 Å². The van der Waals surface area contributed by atoms with Crippen LogP contribution in [0.15, 0.2) is 36.4 Å². The predicted molar refractivity (Wildman–Crippen MR) is 135 cm³/mol. The summed E-state index contributed by atoms with van der Waals surface area (Å²) in [5.74, 6) is 0.850. The van der Waals surface area contributed by atoms with Crippen LogP contribution in [-0.2, 0) is 6.54 Å². The van der Waals surface area contributed by atoms with Gasteiger partial charge in [0.1, 0.15) is 17.5 Å². The number of hydrogen-bond acceptors (Lipinski definition) is 6. The second-order valence-corrected chi connectivity index (χ2v) is 8.20. The molecule has 1 aliphatic heterocycles. The Kier molecular flexibility index (Phi) is 9.73. The first-order valence-electron chi connectivity index (χ1n) is 11.9. The van der Waals surface area contributed by atoms with E-state index in [9.17, 15) is 9.18 Å². The van der Waals surface area contributed by atoms with Crippen LogP contribution in [0, 0.1) is 5.82 Å². The van der Waals surface area contributed by atoms with Crippen molar-refractivity contribution in [2.75, 3.05) is 51.6 Å². The number of piperazine rings is 1. The van der Waals surface area contributed by atoms with Crippen molar-refractivity contribution in [1.29, 1.82) is 0 Å². The number of anilines is 1. The first-order chi connectivity index (χ1) is 16.6. The van der Waals surface area contributed by atoms with Crippen molar-refractivity contribution in [3.8, 4) is 0 Å². The molecule has 0 unspecified atom stereocenters. The minimum atomic E-state index is -0.476. The molecule has 7 nitrogen and oxygen atoms in total. The van der Waals surface area contributed by atoms with Gasteiger partial charge in [0.2, 0.25) is 0 Å². The molecule has 0 aliphatic carbocycles. The standard InChI is InChI=1S/C26H35FN6O/c1-4-6-12-23-20(5-2)25(29-14-9-13-28-3)31-24(30-23)19-32-15-17-33(18-16-32)26(34)21-10-7-8-11-22(21)27/h4-8,10-12,28H,9,13-19H2,1-3H3,(H,29,30,31)/b6-4-,20-5+,23-12+. The number of halogens is 1. The summed E-state index contributed by atoms with van der Waals surface area (Å²) in [7, 11) is 1.95. The molecule has 0 spiro atoms. The molecule has 8 heteroatoms. The Morgan fingerprint density at radius 3 is 2.56 bits per heavy atom. The van der Waals surface area contributed by atoms with Crippen molar-refractivity contribution >= 4 is 23.9 Å². The Balaban J connectivity index is 1.72. The fraction of sp³-hybridized carbons (Fsp3) is 0.423. The number of benzene rings is 1. The van der Waals surface area contributed by atoms with Crippen LogP contribution in [0.2, 0.25) is 0 Å². The smallest absolute Gasteiger partial charge is 0.256 e. The molecular weight excluding hydrogens is 431 g/mol. The fourth-order valence-corrected chi connectivity index (χ4v) is 3.93. The maximum absolute atomic E-state index is 14.0.